The number of nitriles is 2. The number of benzene rings is 3. The van der Waals surface area contributed by atoms with Crippen molar-refractivity contribution in [2.24, 2.45) is 7.05 Å². The van der Waals surface area contributed by atoms with E-state index in [1.807, 2.05) is 93.5 Å². The van der Waals surface area contributed by atoms with E-state index in [0.717, 1.165) is 79.9 Å². The second-order valence-corrected chi connectivity index (χ2v) is 17.9. The van der Waals surface area contributed by atoms with Gasteiger partial charge in [0.2, 0.25) is 5.69 Å². The molecule has 0 atom stereocenters. The van der Waals surface area contributed by atoms with E-state index in [-0.39, 0.29) is 12.2 Å². The lowest BCUT2D eigenvalue weighted by Crippen LogP contribution is -2.38. The Balaban J connectivity index is 0.923. The first-order chi connectivity index (χ1) is 32.5. The van der Waals surface area contributed by atoms with Crippen LogP contribution in [0.2, 0.25) is 0 Å². The number of esters is 1. The summed E-state index contributed by atoms with van der Waals surface area (Å²) in [5.74, 6) is -0.558. The Kier molecular flexibility index (Phi) is 12.6. The fourth-order valence-corrected chi connectivity index (χ4v) is 10.7. The van der Waals surface area contributed by atoms with E-state index in [2.05, 4.69) is 41.3 Å². The molecule has 2 aromatic heterocycles. The largest absolute Gasteiger partial charge is 0.462 e. The van der Waals surface area contributed by atoms with Crippen LogP contribution in [0.15, 0.2) is 132 Å². The SMILES string of the molecule is CCC1(CC)C(COC(=O)c2ccc(CCc3ccc(-c4c(C=CC5=CC(=C(C#N)C#N)C=C(C)O5)cc5c6c4CCCN6CCC5)cc3)c[n+]2C)=C[n+]2ccccc2-c2c(F)cc(F)cc21. The average molecular weight is 894 g/mol. The molecule has 4 aliphatic rings. The van der Waals surface area contributed by atoms with Crippen molar-refractivity contribution in [1.29, 1.82) is 10.5 Å². The van der Waals surface area contributed by atoms with E-state index in [1.165, 1.54) is 34.0 Å². The predicted octanol–water partition coefficient (Wildman–Crippen LogP) is 10.8. The number of pyridine rings is 2. The molecule has 8 nitrogen and oxygen atoms in total. The van der Waals surface area contributed by atoms with Gasteiger partial charge in [-0.3, -0.25) is 0 Å². The maximum atomic E-state index is 15.6. The standard InChI is InChI=1S/C57H53F2N5O3/c1-5-57(6-2)45(35-64-24-8-7-13-51(64)54-49(57)30-46(58)31-50(54)59)36-66-56(65)52-23-18-39(34-62(52)4)15-14-38-16-19-40(20-17-38)53-41(28-42-11-9-25-63-26-10-12-48(53)55(42)63)21-22-47-29-43(27-37(3)67-47)44(32-60)33-61/h7-8,13,16-24,27-31,34-35H,5-6,9-12,14-15,25-26,36H2,1-4H3/q+2. The zero-order valence-corrected chi connectivity index (χ0v) is 38.5. The molecule has 0 bridgehead atoms. The Morgan fingerprint density at radius 2 is 1.66 bits per heavy atom. The van der Waals surface area contributed by atoms with Crippen LogP contribution in [0.5, 0.6) is 0 Å². The van der Waals surface area contributed by atoms with Crippen LogP contribution in [-0.4, -0.2) is 25.7 Å². The summed E-state index contributed by atoms with van der Waals surface area (Å²) in [7, 11) is 1.84. The number of halogens is 2. The Labute approximate surface area is 391 Å². The van der Waals surface area contributed by atoms with Gasteiger partial charge < -0.3 is 14.4 Å². The molecule has 5 aromatic rings. The Bertz CT molecular complexity index is 3050. The molecule has 3 aromatic carbocycles. The third-order valence-corrected chi connectivity index (χ3v) is 14.0. The van der Waals surface area contributed by atoms with Crippen molar-refractivity contribution in [3.63, 3.8) is 0 Å². The Morgan fingerprint density at radius 1 is 0.910 bits per heavy atom. The zero-order chi connectivity index (χ0) is 46.8. The van der Waals surface area contributed by atoms with Crippen LogP contribution < -0.4 is 14.0 Å². The highest BCUT2D eigenvalue weighted by atomic mass is 19.1. The first kappa shape index (κ1) is 44.8. The van der Waals surface area contributed by atoms with Crippen LogP contribution in [-0.2, 0) is 47.6 Å². The average Bonchev–Trinajstić information content (AvgIpc) is 3.45. The van der Waals surface area contributed by atoms with Crippen LogP contribution in [0.25, 0.3) is 34.7 Å². The Hall–Kier alpha value is -7.43. The van der Waals surface area contributed by atoms with Gasteiger partial charge in [-0.1, -0.05) is 44.2 Å². The fourth-order valence-electron chi connectivity index (χ4n) is 10.7. The highest BCUT2D eigenvalue weighted by molar-refractivity contribution is 5.87. The van der Waals surface area contributed by atoms with Gasteiger partial charge in [0.25, 0.3) is 5.69 Å². The monoisotopic (exact) mass is 893 g/mol. The molecule has 9 rings (SSSR count). The second kappa shape index (κ2) is 18.8. The summed E-state index contributed by atoms with van der Waals surface area (Å²) in [4.78, 5) is 16.3. The molecule has 336 valence electrons. The number of hydrogen-bond donors (Lipinski definition) is 0. The molecule has 0 saturated heterocycles. The highest BCUT2D eigenvalue weighted by Crippen LogP contribution is 2.47. The first-order valence-corrected chi connectivity index (χ1v) is 23.2. The highest BCUT2D eigenvalue weighted by Gasteiger charge is 2.42. The molecular weight excluding hydrogens is 841 g/mol. The maximum absolute atomic E-state index is 15.6. The van der Waals surface area contributed by atoms with Gasteiger partial charge in [-0.2, -0.15) is 19.7 Å². The lowest BCUT2D eigenvalue weighted by Gasteiger charge is -2.38. The molecule has 0 aliphatic carbocycles. The Morgan fingerprint density at radius 3 is 2.40 bits per heavy atom. The predicted molar refractivity (Wildman–Crippen MR) is 255 cm³/mol. The molecule has 0 N–H and O–H groups in total. The molecule has 67 heavy (non-hydrogen) atoms. The summed E-state index contributed by atoms with van der Waals surface area (Å²) in [5.41, 5.74) is 12.4. The number of hydrogen-bond acceptors (Lipinski definition) is 6. The number of allylic oxidation sites excluding steroid dienone is 6. The van der Waals surface area contributed by atoms with Crippen LogP contribution in [0.3, 0.4) is 0 Å². The number of carbonyl (C=O) groups excluding carboxylic acids is 1. The quantitative estimate of drug-likeness (QED) is 0.0745. The normalized spacial score (nSPS) is 15.7. The van der Waals surface area contributed by atoms with E-state index in [0.29, 0.717) is 52.4 Å². The first-order valence-electron chi connectivity index (χ1n) is 23.2. The van der Waals surface area contributed by atoms with Gasteiger partial charge in [0.05, 0.1) is 5.56 Å². The van der Waals surface area contributed by atoms with Gasteiger partial charge in [0, 0.05) is 65.2 Å². The molecule has 10 heteroatoms. The molecule has 0 spiro atoms. The smallest absolute Gasteiger partial charge is 0.403 e. The van der Waals surface area contributed by atoms with Crippen LogP contribution >= 0.6 is 0 Å². The third kappa shape index (κ3) is 8.61. The number of ether oxygens (including phenoxy) is 2. The number of aromatic nitrogens is 2. The van der Waals surface area contributed by atoms with Crippen molar-refractivity contribution < 1.29 is 32.2 Å². The summed E-state index contributed by atoms with van der Waals surface area (Å²) in [5, 5.41) is 19.0. The number of anilines is 1. The maximum Gasteiger partial charge on any atom is 0.403 e. The molecule has 0 radical (unpaired) electrons. The van der Waals surface area contributed by atoms with Crippen LogP contribution in [0.4, 0.5) is 14.5 Å². The lowest BCUT2D eigenvalue weighted by molar-refractivity contribution is -0.674. The molecule has 0 fully saturated rings. The van der Waals surface area contributed by atoms with E-state index >= 15 is 4.39 Å². The minimum absolute atomic E-state index is 0.0458. The molecule has 4 aliphatic heterocycles. The summed E-state index contributed by atoms with van der Waals surface area (Å²) < 4.78 is 46.2. The molecular formula is C57H53F2N5O3+2. The molecule has 0 unspecified atom stereocenters. The summed E-state index contributed by atoms with van der Waals surface area (Å²) >= 11 is 0. The van der Waals surface area contributed by atoms with Gasteiger partial charge in [-0.15, -0.1) is 0 Å². The second-order valence-electron chi connectivity index (χ2n) is 17.9. The minimum atomic E-state index is -0.765. The summed E-state index contributed by atoms with van der Waals surface area (Å²) in [6.45, 7) is 7.92. The van der Waals surface area contributed by atoms with Crippen LogP contribution in [0.1, 0.15) is 90.3 Å². The van der Waals surface area contributed by atoms with Crippen molar-refractivity contribution >= 4 is 23.9 Å². The van der Waals surface area contributed by atoms with Gasteiger partial charge in [-0.05, 0) is 140 Å². The van der Waals surface area contributed by atoms with Crippen LogP contribution in [0, 0.1) is 34.3 Å². The molecule has 6 heterocycles. The van der Waals surface area contributed by atoms with Gasteiger partial charge in [0.15, 0.2) is 18.6 Å². The van der Waals surface area contributed by atoms with Crippen molar-refractivity contribution in [2.45, 2.75) is 77.6 Å². The minimum Gasteiger partial charge on any atom is -0.462 e. The number of carbonyl (C=O) groups is 1. The topological polar surface area (TPSA) is 94.1 Å². The number of rotatable bonds is 11. The number of nitrogens with zero attached hydrogens (tertiary/aromatic N) is 5. The van der Waals surface area contributed by atoms with Crippen molar-refractivity contribution in [3.8, 4) is 34.5 Å². The van der Waals surface area contributed by atoms with Crippen molar-refractivity contribution in [3.05, 3.63) is 182 Å². The van der Waals surface area contributed by atoms with E-state index < -0.39 is 23.0 Å². The van der Waals surface area contributed by atoms with Gasteiger partial charge in [-0.25, -0.2) is 13.6 Å². The number of aryl methyl sites for hydroxylation is 4. The molecule has 0 amide bonds. The fraction of sp³-hybridized carbons (Fsp3) is 0.281. The molecule has 0 saturated carbocycles. The van der Waals surface area contributed by atoms with E-state index in [4.69, 9.17) is 9.47 Å². The van der Waals surface area contributed by atoms with Crippen molar-refractivity contribution in [2.75, 3.05) is 24.6 Å². The van der Waals surface area contributed by atoms with E-state index in [9.17, 15) is 19.7 Å². The zero-order valence-electron chi connectivity index (χ0n) is 38.5. The lowest BCUT2D eigenvalue weighted by atomic mass is 9.69. The summed E-state index contributed by atoms with van der Waals surface area (Å²) in [6, 6.07) is 26.8. The summed E-state index contributed by atoms with van der Waals surface area (Å²) in [6.07, 6.45) is 20.1. The van der Waals surface area contributed by atoms with Gasteiger partial charge >= 0.3 is 5.97 Å². The van der Waals surface area contributed by atoms with Crippen molar-refractivity contribution in [1.82, 2.24) is 0 Å². The van der Waals surface area contributed by atoms with E-state index in [1.54, 1.807) is 22.8 Å². The third-order valence-electron chi connectivity index (χ3n) is 14.0. The number of fused-ring (bicyclic) bond motifs is 3. The van der Waals surface area contributed by atoms with Gasteiger partial charge in [0.1, 0.15) is 54.5 Å².